The fourth-order valence-corrected chi connectivity index (χ4v) is 1.93. The SMILES string of the molecule is CC(C(=O)O)C(C)C(O)C(C)c1ccccc1. The second-order valence-electron chi connectivity index (χ2n) is 4.68. The first-order valence-corrected chi connectivity index (χ1v) is 5.91. The van der Waals surface area contributed by atoms with E-state index in [9.17, 15) is 9.90 Å². The molecule has 3 nitrogen and oxygen atoms in total. The van der Waals surface area contributed by atoms with Crippen LogP contribution in [0.5, 0.6) is 0 Å². The van der Waals surface area contributed by atoms with Gasteiger partial charge < -0.3 is 10.2 Å². The molecule has 0 bridgehead atoms. The van der Waals surface area contributed by atoms with Crippen molar-refractivity contribution in [1.82, 2.24) is 0 Å². The van der Waals surface area contributed by atoms with Crippen molar-refractivity contribution >= 4 is 5.97 Å². The number of aliphatic hydroxyl groups is 1. The van der Waals surface area contributed by atoms with Gasteiger partial charge in [-0.2, -0.15) is 0 Å². The van der Waals surface area contributed by atoms with E-state index in [0.29, 0.717) is 0 Å². The third-order valence-electron chi connectivity index (χ3n) is 3.55. The summed E-state index contributed by atoms with van der Waals surface area (Å²) in [7, 11) is 0. The fourth-order valence-electron chi connectivity index (χ4n) is 1.93. The van der Waals surface area contributed by atoms with Crippen LogP contribution in [0.25, 0.3) is 0 Å². The highest BCUT2D eigenvalue weighted by Gasteiger charge is 2.29. The zero-order chi connectivity index (χ0) is 13.0. The minimum atomic E-state index is -0.864. The number of hydrogen-bond donors (Lipinski definition) is 2. The van der Waals surface area contributed by atoms with Crippen LogP contribution in [0.4, 0.5) is 0 Å². The van der Waals surface area contributed by atoms with Gasteiger partial charge in [0.25, 0.3) is 0 Å². The van der Waals surface area contributed by atoms with Crippen LogP contribution in [0.3, 0.4) is 0 Å². The van der Waals surface area contributed by atoms with Crippen molar-refractivity contribution in [2.24, 2.45) is 11.8 Å². The molecule has 4 unspecified atom stereocenters. The summed E-state index contributed by atoms with van der Waals surface area (Å²) in [6, 6.07) is 9.66. The van der Waals surface area contributed by atoms with Gasteiger partial charge in [-0.15, -0.1) is 0 Å². The lowest BCUT2D eigenvalue weighted by molar-refractivity contribution is -0.144. The van der Waals surface area contributed by atoms with Gasteiger partial charge in [-0.25, -0.2) is 0 Å². The largest absolute Gasteiger partial charge is 0.481 e. The van der Waals surface area contributed by atoms with Gasteiger partial charge >= 0.3 is 5.97 Å². The number of carbonyl (C=O) groups is 1. The monoisotopic (exact) mass is 236 g/mol. The second kappa shape index (κ2) is 5.82. The Kier molecular flexibility index (Phi) is 4.70. The maximum absolute atomic E-state index is 10.9. The van der Waals surface area contributed by atoms with E-state index in [4.69, 9.17) is 5.11 Å². The summed E-state index contributed by atoms with van der Waals surface area (Å²) < 4.78 is 0. The van der Waals surface area contributed by atoms with Gasteiger partial charge in [-0.3, -0.25) is 4.79 Å². The van der Waals surface area contributed by atoms with Crippen molar-refractivity contribution in [2.75, 3.05) is 0 Å². The van der Waals surface area contributed by atoms with E-state index in [2.05, 4.69) is 0 Å². The molecule has 0 aliphatic heterocycles. The predicted octanol–water partition coefficient (Wildman–Crippen LogP) is 2.51. The minimum absolute atomic E-state index is 0.0620. The Balaban J connectivity index is 2.76. The van der Waals surface area contributed by atoms with Crippen LogP contribution in [0.1, 0.15) is 32.3 Å². The highest BCUT2D eigenvalue weighted by molar-refractivity contribution is 5.69. The van der Waals surface area contributed by atoms with Crippen molar-refractivity contribution in [2.45, 2.75) is 32.8 Å². The zero-order valence-electron chi connectivity index (χ0n) is 10.5. The summed E-state index contributed by atoms with van der Waals surface area (Å²) in [6.07, 6.45) is -0.650. The van der Waals surface area contributed by atoms with Crippen molar-refractivity contribution < 1.29 is 15.0 Å². The molecule has 2 N–H and O–H groups in total. The molecule has 0 radical (unpaired) electrons. The number of rotatable bonds is 5. The van der Waals surface area contributed by atoms with Gasteiger partial charge in [-0.1, -0.05) is 51.1 Å². The summed E-state index contributed by atoms with van der Waals surface area (Å²) in [5.74, 6) is -1.75. The van der Waals surface area contributed by atoms with E-state index in [-0.39, 0.29) is 11.8 Å². The van der Waals surface area contributed by atoms with Crippen LogP contribution < -0.4 is 0 Å². The average molecular weight is 236 g/mol. The molecule has 3 heteroatoms. The molecule has 0 heterocycles. The normalized spacial score (nSPS) is 18.1. The van der Waals surface area contributed by atoms with Crippen LogP contribution in [0.2, 0.25) is 0 Å². The molecule has 0 aromatic heterocycles. The summed E-state index contributed by atoms with van der Waals surface area (Å²) >= 11 is 0. The van der Waals surface area contributed by atoms with Crippen LogP contribution in [-0.2, 0) is 4.79 Å². The molecule has 0 spiro atoms. The zero-order valence-corrected chi connectivity index (χ0v) is 10.5. The topological polar surface area (TPSA) is 57.5 Å². The standard InChI is InChI=1S/C14H20O3/c1-9(10(2)14(16)17)13(15)11(3)12-7-5-4-6-8-12/h4-11,13,15H,1-3H3,(H,16,17). The number of aliphatic carboxylic acids is 1. The number of hydrogen-bond acceptors (Lipinski definition) is 2. The Morgan fingerprint density at radius 1 is 1.12 bits per heavy atom. The molecule has 0 saturated heterocycles. The maximum atomic E-state index is 10.9. The van der Waals surface area contributed by atoms with Crippen LogP contribution in [-0.4, -0.2) is 22.3 Å². The summed E-state index contributed by atoms with van der Waals surface area (Å²) in [5.41, 5.74) is 1.03. The minimum Gasteiger partial charge on any atom is -0.481 e. The molecule has 0 aliphatic carbocycles. The Bertz CT molecular complexity index is 361. The van der Waals surface area contributed by atoms with Crippen LogP contribution >= 0.6 is 0 Å². The van der Waals surface area contributed by atoms with Gasteiger partial charge in [0, 0.05) is 5.92 Å². The van der Waals surface area contributed by atoms with E-state index in [1.165, 1.54) is 0 Å². The van der Waals surface area contributed by atoms with Crippen molar-refractivity contribution in [3.05, 3.63) is 35.9 Å². The maximum Gasteiger partial charge on any atom is 0.306 e. The molecule has 0 fully saturated rings. The van der Waals surface area contributed by atoms with Gasteiger partial charge in [0.15, 0.2) is 0 Å². The molecule has 1 rings (SSSR count). The van der Waals surface area contributed by atoms with E-state index < -0.39 is 18.0 Å². The number of benzene rings is 1. The first kappa shape index (κ1) is 13.7. The highest BCUT2D eigenvalue weighted by atomic mass is 16.4. The Morgan fingerprint density at radius 3 is 2.12 bits per heavy atom. The lowest BCUT2D eigenvalue weighted by atomic mass is 9.82. The highest BCUT2D eigenvalue weighted by Crippen LogP contribution is 2.27. The lowest BCUT2D eigenvalue weighted by Crippen LogP contribution is -2.32. The van der Waals surface area contributed by atoms with Gasteiger partial charge in [0.05, 0.1) is 12.0 Å². The summed E-state index contributed by atoms with van der Waals surface area (Å²) in [6.45, 7) is 5.34. The Morgan fingerprint density at radius 2 is 1.65 bits per heavy atom. The molecule has 1 aromatic carbocycles. The third kappa shape index (κ3) is 3.30. The van der Waals surface area contributed by atoms with E-state index in [0.717, 1.165) is 5.56 Å². The smallest absolute Gasteiger partial charge is 0.306 e. The van der Waals surface area contributed by atoms with Crippen LogP contribution in [0.15, 0.2) is 30.3 Å². The van der Waals surface area contributed by atoms with Gasteiger partial charge in [0.1, 0.15) is 0 Å². The van der Waals surface area contributed by atoms with Crippen molar-refractivity contribution in [3.63, 3.8) is 0 Å². The molecular weight excluding hydrogens is 216 g/mol. The number of carboxylic acid groups (broad SMARTS) is 1. The predicted molar refractivity (Wildman–Crippen MR) is 66.8 cm³/mol. The first-order chi connectivity index (χ1) is 7.95. The molecule has 94 valence electrons. The number of aliphatic hydroxyl groups excluding tert-OH is 1. The first-order valence-electron chi connectivity index (χ1n) is 5.91. The lowest BCUT2D eigenvalue weighted by Gasteiger charge is -2.27. The molecule has 0 saturated carbocycles. The molecule has 0 amide bonds. The Labute approximate surface area is 102 Å². The van der Waals surface area contributed by atoms with Crippen molar-refractivity contribution in [3.8, 4) is 0 Å². The van der Waals surface area contributed by atoms with Crippen LogP contribution in [0, 0.1) is 11.8 Å². The quantitative estimate of drug-likeness (QED) is 0.825. The van der Waals surface area contributed by atoms with Gasteiger partial charge in [0.2, 0.25) is 0 Å². The van der Waals surface area contributed by atoms with Crippen molar-refractivity contribution in [1.29, 1.82) is 0 Å². The second-order valence-corrected chi connectivity index (χ2v) is 4.68. The molecule has 0 aliphatic rings. The molecule has 17 heavy (non-hydrogen) atoms. The van der Waals surface area contributed by atoms with Gasteiger partial charge in [-0.05, 0) is 11.5 Å². The third-order valence-corrected chi connectivity index (χ3v) is 3.55. The average Bonchev–Trinajstić information content (AvgIpc) is 2.36. The molecule has 4 atom stereocenters. The number of carboxylic acids is 1. The van der Waals surface area contributed by atoms with E-state index >= 15 is 0 Å². The Hall–Kier alpha value is -1.35. The fraction of sp³-hybridized carbons (Fsp3) is 0.500. The molecule has 1 aromatic rings. The summed E-state index contributed by atoms with van der Waals surface area (Å²) in [5, 5.41) is 19.1. The summed E-state index contributed by atoms with van der Waals surface area (Å²) in [4.78, 5) is 10.9. The van der Waals surface area contributed by atoms with E-state index in [1.807, 2.05) is 37.3 Å². The molecular formula is C14H20O3. The van der Waals surface area contributed by atoms with E-state index in [1.54, 1.807) is 13.8 Å².